The maximum atomic E-state index is 13.7. The van der Waals surface area contributed by atoms with Gasteiger partial charge in [0.25, 0.3) is 5.91 Å². The molecule has 21 heavy (non-hydrogen) atoms. The molecule has 0 fully saturated rings. The van der Waals surface area contributed by atoms with Gasteiger partial charge in [-0.3, -0.25) is 4.79 Å². The molecule has 3 nitrogen and oxygen atoms in total. The maximum Gasteiger partial charge on any atom is 0.255 e. The lowest BCUT2D eigenvalue weighted by molar-refractivity contribution is 0.0911. The van der Waals surface area contributed by atoms with E-state index in [0.717, 1.165) is 5.56 Å². The number of carbonyl (C=O) groups is 1. The molecule has 0 saturated heterocycles. The predicted octanol–water partition coefficient (Wildman–Crippen LogP) is 2.92. The molecule has 0 saturated carbocycles. The van der Waals surface area contributed by atoms with Crippen LogP contribution in [-0.4, -0.2) is 23.7 Å². The van der Waals surface area contributed by atoms with Crippen LogP contribution >= 0.6 is 15.9 Å². The fraction of sp³-hybridized carbons (Fsp3) is 0.188. The van der Waals surface area contributed by atoms with E-state index in [1.54, 1.807) is 6.07 Å². The van der Waals surface area contributed by atoms with Gasteiger partial charge in [0.05, 0.1) is 18.2 Å². The Balaban J connectivity index is 2.10. The number of aliphatic hydroxyl groups is 1. The minimum atomic E-state index is -0.599. The first-order valence-corrected chi connectivity index (χ1v) is 7.30. The molecular formula is C16H15BrFNO2. The third-order valence-corrected chi connectivity index (χ3v) is 3.73. The molecule has 5 heteroatoms. The van der Waals surface area contributed by atoms with E-state index in [-0.39, 0.29) is 12.2 Å². The Hall–Kier alpha value is -1.72. The standard InChI is InChI=1S/C16H15BrFNO2/c17-13-7-4-8-14(18)15(13)16(21)19-12(10-20)9-11-5-2-1-3-6-11/h1-8,12,20H,9-10H2,(H,19,21). The molecule has 0 spiro atoms. The maximum absolute atomic E-state index is 13.7. The Morgan fingerprint density at radius 1 is 1.19 bits per heavy atom. The van der Waals surface area contributed by atoms with Crippen molar-refractivity contribution >= 4 is 21.8 Å². The van der Waals surface area contributed by atoms with Crippen LogP contribution in [0.3, 0.4) is 0 Å². The zero-order valence-electron chi connectivity index (χ0n) is 11.2. The van der Waals surface area contributed by atoms with Crippen LogP contribution in [0.5, 0.6) is 0 Å². The van der Waals surface area contributed by atoms with Gasteiger partial charge in [-0.25, -0.2) is 4.39 Å². The zero-order valence-corrected chi connectivity index (χ0v) is 12.8. The van der Waals surface area contributed by atoms with E-state index in [4.69, 9.17) is 0 Å². The fourth-order valence-electron chi connectivity index (χ4n) is 2.03. The van der Waals surface area contributed by atoms with Crippen LogP contribution in [0.4, 0.5) is 4.39 Å². The van der Waals surface area contributed by atoms with Crippen molar-refractivity contribution in [3.05, 3.63) is 69.9 Å². The third kappa shape index (κ3) is 4.12. The average Bonchev–Trinajstić information content (AvgIpc) is 2.47. The van der Waals surface area contributed by atoms with E-state index in [0.29, 0.717) is 10.9 Å². The molecule has 2 N–H and O–H groups in total. The highest BCUT2D eigenvalue weighted by Crippen LogP contribution is 2.19. The number of amides is 1. The highest BCUT2D eigenvalue weighted by molar-refractivity contribution is 9.10. The van der Waals surface area contributed by atoms with Gasteiger partial charge in [0, 0.05) is 4.47 Å². The molecule has 110 valence electrons. The summed E-state index contributed by atoms with van der Waals surface area (Å²) < 4.78 is 14.1. The van der Waals surface area contributed by atoms with Crippen LogP contribution in [0.2, 0.25) is 0 Å². The molecule has 2 aromatic rings. The van der Waals surface area contributed by atoms with Crippen molar-refractivity contribution in [2.75, 3.05) is 6.61 Å². The number of aliphatic hydroxyl groups excluding tert-OH is 1. The summed E-state index contributed by atoms with van der Waals surface area (Å²) in [6.45, 7) is -0.216. The SMILES string of the molecule is O=C(NC(CO)Cc1ccccc1)c1c(F)cccc1Br. The van der Waals surface area contributed by atoms with Gasteiger partial charge >= 0.3 is 0 Å². The Bertz CT molecular complexity index is 599. The molecule has 1 unspecified atom stereocenters. The van der Waals surface area contributed by atoms with Crippen molar-refractivity contribution < 1.29 is 14.3 Å². The minimum absolute atomic E-state index is 0.0518. The van der Waals surface area contributed by atoms with Crippen LogP contribution in [0.15, 0.2) is 53.0 Å². The number of benzene rings is 2. The second kappa shape index (κ2) is 7.33. The lowest BCUT2D eigenvalue weighted by atomic mass is 10.1. The molecule has 2 rings (SSSR count). The van der Waals surface area contributed by atoms with Crippen molar-refractivity contribution in [2.45, 2.75) is 12.5 Å². The van der Waals surface area contributed by atoms with Crippen molar-refractivity contribution in [3.63, 3.8) is 0 Å². The van der Waals surface area contributed by atoms with E-state index in [1.165, 1.54) is 12.1 Å². The van der Waals surface area contributed by atoms with E-state index in [1.807, 2.05) is 30.3 Å². The average molecular weight is 352 g/mol. The summed E-state index contributed by atoms with van der Waals surface area (Å²) in [6, 6.07) is 13.4. The summed E-state index contributed by atoms with van der Waals surface area (Å²) in [5.74, 6) is -1.15. The van der Waals surface area contributed by atoms with Crippen LogP contribution in [0.25, 0.3) is 0 Å². The Morgan fingerprint density at radius 2 is 1.90 bits per heavy atom. The quantitative estimate of drug-likeness (QED) is 0.869. The normalized spacial score (nSPS) is 12.0. The van der Waals surface area contributed by atoms with Gasteiger partial charge in [-0.15, -0.1) is 0 Å². The van der Waals surface area contributed by atoms with E-state index in [2.05, 4.69) is 21.2 Å². The monoisotopic (exact) mass is 351 g/mol. The molecule has 0 radical (unpaired) electrons. The molecule has 0 aliphatic rings. The first-order valence-electron chi connectivity index (χ1n) is 6.51. The lowest BCUT2D eigenvalue weighted by Gasteiger charge is -2.17. The molecule has 1 atom stereocenters. The summed E-state index contributed by atoms with van der Waals surface area (Å²) in [5.41, 5.74) is 0.938. The Labute approximate surface area is 130 Å². The first kappa shape index (κ1) is 15.7. The van der Waals surface area contributed by atoms with Crippen molar-refractivity contribution in [3.8, 4) is 0 Å². The third-order valence-electron chi connectivity index (χ3n) is 3.07. The van der Waals surface area contributed by atoms with Gasteiger partial charge in [-0.05, 0) is 40.0 Å². The summed E-state index contributed by atoms with van der Waals surface area (Å²) >= 11 is 3.16. The summed E-state index contributed by atoms with van der Waals surface area (Å²) in [5, 5.41) is 12.1. The largest absolute Gasteiger partial charge is 0.394 e. The smallest absolute Gasteiger partial charge is 0.255 e. The predicted molar refractivity (Wildman–Crippen MR) is 82.6 cm³/mol. The van der Waals surface area contributed by atoms with Gasteiger partial charge in [0.1, 0.15) is 5.82 Å². The summed E-state index contributed by atoms with van der Waals surface area (Å²) in [4.78, 5) is 12.2. The van der Waals surface area contributed by atoms with E-state index < -0.39 is 17.8 Å². The topological polar surface area (TPSA) is 49.3 Å². The minimum Gasteiger partial charge on any atom is -0.394 e. The van der Waals surface area contributed by atoms with Gasteiger partial charge < -0.3 is 10.4 Å². The van der Waals surface area contributed by atoms with Crippen LogP contribution < -0.4 is 5.32 Å². The van der Waals surface area contributed by atoms with Gasteiger partial charge in [-0.1, -0.05) is 36.4 Å². The van der Waals surface area contributed by atoms with Crippen molar-refractivity contribution in [1.29, 1.82) is 0 Å². The zero-order chi connectivity index (χ0) is 15.2. The highest BCUT2D eigenvalue weighted by Gasteiger charge is 2.19. The van der Waals surface area contributed by atoms with Crippen LogP contribution in [0, 0.1) is 5.82 Å². The number of nitrogens with one attached hydrogen (secondary N) is 1. The van der Waals surface area contributed by atoms with Crippen LogP contribution in [-0.2, 0) is 6.42 Å². The molecule has 1 amide bonds. The molecular weight excluding hydrogens is 337 g/mol. The molecule has 0 aliphatic heterocycles. The number of carbonyl (C=O) groups excluding carboxylic acids is 1. The van der Waals surface area contributed by atoms with Gasteiger partial charge in [0.2, 0.25) is 0 Å². The van der Waals surface area contributed by atoms with E-state index in [9.17, 15) is 14.3 Å². The number of rotatable bonds is 5. The molecule has 0 aliphatic carbocycles. The second-order valence-corrected chi connectivity index (χ2v) is 5.49. The second-order valence-electron chi connectivity index (χ2n) is 4.64. The molecule has 0 aromatic heterocycles. The molecule has 2 aromatic carbocycles. The number of halogens is 2. The first-order chi connectivity index (χ1) is 10.1. The summed E-state index contributed by atoms with van der Waals surface area (Å²) in [7, 11) is 0. The highest BCUT2D eigenvalue weighted by atomic mass is 79.9. The van der Waals surface area contributed by atoms with E-state index >= 15 is 0 Å². The number of hydrogen-bond donors (Lipinski definition) is 2. The Kier molecular flexibility index (Phi) is 5.47. The number of hydrogen-bond acceptors (Lipinski definition) is 2. The Morgan fingerprint density at radius 3 is 2.52 bits per heavy atom. The van der Waals surface area contributed by atoms with Crippen molar-refractivity contribution in [2.24, 2.45) is 0 Å². The van der Waals surface area contributed by atoms with Gasteiger partial charge in [0.15, 0.2) is 0 Å². The fourth-order valence-corrected chi connectivity index (χ4v) is 2.55. The van der Waals surface area contributed by atoms with Crippen LogP contribution in [0.1, 0.15) is 15.9 Å². The van der Waals surface area contributed by atoms with Crippen molar-refractivity contribution in [1.82, 2.24) is 5.32 Å². The van der Waals surface area contributed by atoms with Gasteiger partial charge in [-0.2, -0.15) is 0 Å². The summed E-state index contributed by atoms with van der Waals surface area (Å²) in [6.07, 6.45) is 0.481. The lowest BCUT2D eigenvalue weighted by Crippen LogP contribution is -2.39. The molecule has 0 bridgehead atoms. The molecule has 0 heterocycles.